The van der Waals surface area contributed by atoms with E-state index in [4.69, 9.17) is 23.2 Å². The van der Waals surface area contributed by atoms with Gasteiger partial charge in [-0.05, 0) is 59.7 Å². The summed E-state index contributed by atoms with van der Waals surface area (Å²) in [5.74, 6) is 0.160. The zero-order chi connectivity index (χ0) is 26.4. The molecule has 38 heavy (non-hydrogen) atoms. The van der Waals surface area contributed by atoms with Crippen molar-refractivity contribution in [3.63, 3.8) is 0 Å². The van der Waals surface area contributed by atoms with Crippen LogP contribution in [0.4, 0.5) is 0 Å². The van der Waals surface area contributed by atoms with Gasteiger partial charge in [-0.15, -0.1) is 11.3 Å². The Hall–Kier alpha value is -2.71. The number of aromatic nitrogens is 2. The molecule has 4 aromatic rings. The molecule has 6 nitrogen and oxygen atoms in total. The zero-order valence-electron chi connectivity index (χ0n) is 21.1. The third kappa shape index (κ3) is 5.00. The van der Waals surface area contributed by atoms with Crippen molar-refractivity contribution in [2.75, 3.05) is 26.2 Å². The fraction of sp³-hybridized carbons (Fsp3) is 0.345. The largest absolute Gasteiger partial charge is 0.340 e. The predicted octanol–water partition coefficient (Wildman–Crippen LogP) is 5.83. The average Bonchev–Trinajstić information content (AvgIpc) is 3.36. The summed E-state index contributed by atoms with van der Waals surface area (Å²) in [6.45, 7) is 5.97. The van der Waals surface area contributed by atoms with Gasteiger partial charge in [0.1, 0.15) is 4.70 Å². The molecule has 3 heterocycles. The maximum Gasteiger partial charge on any atom is 0.271 e. The quantitative estimate of drug-likeness (QED) is 0.312. The first-order valence-corrected chi connectivity index (χ1v) is 14.5. The van der Waals surface area contributed by atoms with E-state index in [0.29, 0.717) is 20.3 Å². The first-order valence-electron chi connectivity index (χ1n) is 12.9. The lowest BCUT2D eigenvalue weighted by molar-refractivity contribution is -0.130. The summed E-state index contributed by atoms with van der Waals surface area (Å²) in [6, 6.07) is 14.3. The second-order valence-electron chi connectivity index (χ2n) is 10.2. The average molecular weight is 568 g/mol. The van der Waals surface area contributed by atoms with Crippen LogP contribution in [0.2, 0.25) is 10.0 Å². The lowest BCUT2D eigenvalue weighted by Crippen LogP contribution is -2.47. The number of halogens is 2. The van der Waals surface area contributed by atoms with E-state index in [0.717, 1.165) is 62.4 Å². The van der Waals surface area contributed by atoms with Crippen LogP contribution in [0.25, 0.3) is 20.7 Å². The molecule has 1 atom stereocenters. The number of thiophene rings is 1. The third-order valence-corrected chi connectivity index (χ3v) is 9.66. The summed E-state index contributed by atoms with van der Waals surface area (Å²) in [5.41, 5.74) is 5.65. The van der Waals surface area contributed by atoms with Gasteiger partial charge in [-0.3, -0.25) is 19.1 Å². The van der Waals surface area contributed by atoms with Crippen LogP contribution in [-0.2, 0) is 24.2 Å². The number of piperazine rings is 1. The van der Waals surface area contributed by atoms with Gasteiger partial charge in [-0.25, -0.2) is 4.98 Å². The number of amides is 1. The molecule has 6 rings (SSSR count). The fourth-order valence-electron chi connectivity index (χ4n) is 5.58. The van der Waals surface area contributed by atoms with Crippen LogP contribution in [0.5, 0.6) is 0 Å². The van der Waals surface area contributed by atoms with Gasteiger partial charge in [0.2, 0.25) is 5.91 Å². The molecule has 1 fully saturated rings. The zero-order valence-corrected chi connectivity index (χ0v) is 23.5. The minimum atomic E-state index is 0.0149. The van der Waals surface area contributed by atoms with Crippen molar-refractivity contribution >= 4 is 50.7 Å². The standard InChI is InChI=1S/C29H28Cl2N4O2S/c1-18(36)34-10-8-33(9-11-34)16-19-2-3-21-13-23(6-4-20(21)12-19)35-17-32-26-15-27(38-28(26)29(35)37)22-5-7-24(30)25(31)14-22/h2-3,5,7,12,14-15,17,23H,4,6,8-11,13,16H2,1H3/t23-/m0/s1. The minimum absolute atomic E-state index is 0.0149. The lowest BCUT2D eigenvalue weighted by atomic mass is 9.87. The van der Waals surface area contributed by atoms with Crippen molar-refractivity contribution in [1.29, 1.82) is 0 Å². The highest BCUT2D eigenvalue weighted by atomic mass is 35.5. The van der Waals surface area contributed by atoms with E-state index in [-0.39, 0.29) is 17.5 Å². The summed E-state index contributed by atoms with van der Waals surface area (Å²) < 4.78 is 2.49. The van der Waals surface area contributed by atoms with E-state index in [9.17, 15) is 9.59 Å². The third-order valence-electron chi connectivity index (χ3n) is 7.76. The molecule has 0 bridgehead atoms. The summed E-state index contributed by atoms with van der Waals surface area (Å²) in [5, 5.41) is 1.00. The molecule has 0 unspecified atom stereocenters. The monoisotopic (exact) mass is 566 g/mol. The van der Waals surface area contributed by atoms with E-state index < -0.39 is 0 Å². The van der Waals surface area contributed by atoms with Gasteiger partial charge in [-0.1, -0.05) is 47.5 Å². The van der Waals surface area contributed by atoms with Crippen LogP contribution >= 0.6 is 34.5 Å². The first-order chi connectivity index (χ1) is 18.4. The molecular weight excluding hydrogens is 539 g/mol. The highest BCUT2D eigenvalue weighted by Gasteiger charge is 2.24. The number of carbonyl (C=O) groups excluding carboxylic acids is 1. The Morgan fingerprint density at radius 1 is 1.03 bits per heavy atom. The first kappa shape index (κ1) is 25.6. The van der Waals surface area contributed by atoms with E-state index in [1.807, 2.05) is 27.7 Å². The van der Waals surface area contributed by atoms with Gasteiger partial charge in [0.15, 0.2) is 0 Å². The Labute approximate surface area is 235 Å². The topological polar surface area (TPSA) is 58.4 Å². The van der Waals surface area contributed by atoms with Crippen LogP contribution in [-0.4, -0.2) is 51.4 Å². The Bertz CT molecular complexity index is 1590. The maximum absolute atomic E-state index is 13.5. The van der Waals surface area contributed by atoms with Crippen molar-refractivity contribution in [3.8, 4) is 10.4 Å². The number of hydrogen-bond acceptors (Lipinski definition) is 5. The molecule has 2 aromatic heterocycles. The van der Waals surface area contributed by atoms with Crippen LogP contribution in [0, 0.1) is 0 Å². The molecule has 0 spiro atoms. The lowest BCUT2D eigenvalue weighted by Gasteiger charge is -2.34. The Balaban J connectivity index is 1.18. The van der Waals surface area contributed by atoms with E-state index in [1.165, 1.54) is 28.0 Å². The second kappa shape index (κ2) is 10.5. The summed E-state index contributed by atoms with van der Waals surface area (Å²) in [7, 11) is 0. The van der Waals surface area contributed by atoms with Gasteiger partial charge in [0.05, 0.1) is 21.9 Å². The van der Waals surface area contributed by atoms with Crippen LogP contribution in [0.1, 0.15) is 36.1 Å². The minimum Gasteiger partial charge on any atom is -0.340 e. The molecule has 1 saturated heterocycles. The second-order valence-corrected chi connectivity index (χ2v) is 12.1. The molecule has 196 valence electrons. The summed E-state index contributed by atoms with van der Waals surface area (Å²) in [4.78, 5) is 35.0. The molecule has 1 aliphatic carbocycles. The molecule has 1 aliphatic heterocycles. The molecular formula is C29H28Cl2N4O2S. The van der Waals surface area contributed by atoms with Crippen molar-refractivity contribution in [2.24, 2.45) is 0 Å². The highest BCUT2D eigenvalue weighted by Crippen LogP contribution is 2.35. The smallest absolute Gasteiger partial charge is 0.271 e. The van der Waals surface area contributed by atoms with Crippen LogP contribution in [0.15, 0.2) is 53.6 Å². The molecule has 0 N–H and O–H groups in total. The van der Waals surface area contributed by atoms with Gasteiger partial charge in [-0.2, -0.15) is 0 Å². The highest BCUT2D eigenvalue weighted by molar-refractivity contribution is 7.22. The number of carbonyl (C=O) groups is 1. The van der Waals surface area contributed by atoms with Gasteiger partial charge >= 0.3 is 0 Å². The van der Waals surface area contributed by atoms with Gasteiger partial charge in [0.25, 0.3) is 5.56 Å². The summed E-state index contributed by atoms with van der Waals surface area (Å²) in [6.07, 6.45) is 4.38. The fourth-order valence-corrected chi connectivity index (χ4v) is 6.92. The van der Waals surface area contributed by atoms with Crippen LogP contribution in [0.3, 0.4) is 0 Å². The molecule has 0 radical (unpaired) electrons. The Kier molecular flexibility index (Phi) is 7.03. The molecule has 0 saturated carbocycles. The number of nitrogens with zero attached hydrogens (tertiary/aromatic N) is 4. The number of rotatable bonds is 4. The number of fused-ring (bicyclic) bond motifs is 2. The molecule has 2 aromatic carbocycles. The Morgan fingerprint density at radius 2 is 1.84 bits per heavy atom. The van der Waals surface area contributed by atoms with E-state index >= 15 is 0 Å². The van der Waals surface area contributed by atoms with Crippen LogP contribution < -0.4 is 5.56 Å². The van der Waals surface area contributed by atoms with Crippen molar-refractivity contribution in [1.82, 2.24) is 19.4 Å². The van der Waals surface area contributed by atoms with Gasteiger partial charge in [0, 0.05) is 50.6 Å². The Morgan fingerprint density at radius 3 is 2.61 bits per heavy atom. The van der Waals surface area contributed by atoms with E-state index in [1.54, 1.807) is 19.3 Å². The molecule has 1 amide bonds. The van der Waals surface area contributed by atoms with E-state index in [2.05, 4.69) is 28.1 Å². The van der Waals surface area contributed by atoms with Crippen molar-refractivity contribution < 1.29 is 4.79 Å². The summed E-state index contributed by atoms with van der Waals surface area (Å²) >= 11 is 13.7. The number of hydrogen-bond donors (Lipinski definition) is 0. The molecule has 2 aliphatic rings. The number of aryl methyl sites for hydroxylation is 1. The van der Waals surface area contributed by atoms with Gasteiger partial charge < -0.3 is 4.90 Å². The normalized spacial score (nSPS) is 18.1. The predicted molar refractivity (Wildman–Crippen MR) is 154 cm³/mol. The SMILES string of the molecule is CC(=O)N1CCN(Cc2ccc3c(c2)CC[C@H](n2cnc4cc(-c5ccc(Cl)c(Cl)c5)sc4c2=O)C3)CC1. The molecule has 9 heteroatoms. The van der Waals surface area contributed by atoms with Crippen molar-refractivity contribution in [2.45, 2.75) is 38.8 Å². The maximum atomic E-state index is 13.5. The van der Waals surface area contributed by atoms with Crippen molar-refractivity contribution in [3.05, 3.63) is 85.9 Å². The number of benzene rings is 2.